The number of hydrogen-bond donors (Lipinski definition) is 1. The Balaban J connectivity index is 1.83. The van der Waals surface area contributed by atoms with E-state index in [1.807, 2.05) is 24.3 Å². The lowest BCUT2D eigenvalue weighted by molar-refractivity contribution is -0.117. The molecule has 0 radical (unpaired) electrons. The maximum Gasteiger partial charge on any atom is 0.213 e. The number of nitrogens with one attached hydrogen (secondary N) is 1. The predicted molar refractivity (Wildman–Crippen MR) is 70.5 cm³/mol. The van der Waals surface area contributed by atoms with Crippen LogP contribution in [0, 0.1) is 0 Å². The molecule has 0 bridgehead atoms. The average Bonchev–Trinajstić information content (AvgIpc) is 3.02. The number of ether oxygens (including phenoxy) is 2. The zero-order valence-electron chi connectivity index (χ0n) is 11.0. The Morgan fingerprint density at radius 1 is 1.47 bits per heavy atom. The first kappa shape index (κ1) is 12.2. The Hall–Kier alpha value is -1.88. The second-order valence-corrected chi connectivity index (χ2v) is 5.03. The van der Waals surface area contributed by atoms with Gasteiger partial charge in [0.2, 0.25) is 5.78 Å². The summed E-state index contributed by atoms with van der Waals surface area (Å²) in [6, 6.07) is 7.72. The molecule has 0 amide bonds. The smallest absolute Gasteiger partial charge is 0.213 e. The van der Waals surface area contributed by atoms with Gasteiger partial charge in [0.1, 0.15) is 11.5 Å². The van der Waals surface area contributed by atoms with Gasteiger partial charge in [-0.05, 0) is 24.6 Å². The number of carbonyl (C=O) groups is 1. The van der Waals surface area contributed by atoms with Crippen LogP contribution < -0.4 is 10.2 Å². The van der Waals surface area contributed by atoms with E-state index in [2.05, 4.69) is 10.5 Å². The van der Waals surface area contributed by atoms with Crippen molar-refractivity contribution in [1.29, 1.82) is 0 Å². The molecule has 0 saturated carbocycles. The van der Waals surface area contributed by atoms with Crippen molar-refractivity contribution in [3.63, 3.8) is 0 Å². The second kappa shape index (κ2) is 4.35. The van der Waals surface area contributed by atoms with E-state index < -0.39 is 5.60 Å². The van der Waals surface area contributed by atoms with Crippen molar-refractivity contribution in [3.05, 3.63) is 29.8 Å². The first-order chi connectivity index (χ1) is 9.14. The Bertz CT molecular complexity index is 532. The Labute approximate surface area is 111 Å². The fraction of sp³-hybridized carbons (Fsp3) is 0.429. The molecule has 1 N–H and O–H groups in total. The molecule has 2 heterocycles. The fourth-order valence-corrected chi connectivity index (χ4v) is 2.23. The average molecular weight is 260 g/mol. The van der Waals surface area contributed by atoms with Crippen LogP contribution in [0.15, 0.2) is 29.4 Å². The molecule has 1 saturated heterocycles. The van der Waals surface area contributed by atoms with Gasteiger partial charge in [-0.2, -0.15) is 5.10 Å². The third-order valence-electron chi connectivity index (χ3n) is 3.63. The van der Waals surface area contributed by atoms with Gasteiger partial charge < -0.3 is 14.9 Å². The molecule has 1 aromatic rings. The van der Waals surface area contributed by atoms with Crippen LogP contribution in [-0.2, 0) is 9.53 Å². The molecule has 19 heavy (non-hydrogen) atoms. The molecule has 5 heteroatoms. The SMILES string of the molecule is COc1ccc([C@@H]2CNN=C2C(=O)[C@@]2(C)CO2)cc1. The van der Waals surface area contributed by atoms with Gasteiger partial charge in [-0.1, -0.05) is 12.1 Å². The highest BCUT2D eigenvalue weighted by atomic mass is 16.6. The highest BCUT2D eigenvalue weighted by Gasteiger charge is 2.51. The molecule has 0 spiro atoms. The number of Topliss-reactive ketones (excluding diaryl/α,β-unsaturated/α-hetero) is 1. The lowest BCUT2D eigenvalue weighted by Crippen LogP contribution is -2.32. The quantitative estimate of drug-likeness (QED) is 0.823. The van der Waals surface area contributed by atoms with Gasteiger partial charge >= 0.3 is 0 Å². The van der Waals surface area contributed by atoms with Gasteiger partial charge in [0.05, 0.1) is 19.6 Å². The molecular weight excluding hydrogens is 244 g/mol. The van der Waals surface area contributed by atoms with Crippen molar-refractivity contribution in [2.75, 3.05) is 20.3 Å². The number of ketones is 1. The minimum absolute atomic E-state index is 0.0144. The van der Waals surface area contributed by atoms with Crippen molar-refractivity contribution >= 4 is 11.5 Å². The summed E-state index contributed by atoms with van der Waals surface area (Å²) in [4.78, 5) is 12.3. The summed E-state index contributed by atoms with van der Waals surface area (Å²) in [7, 11) is 1.63. The van der Waals surface area contributed by atoms with Gasteiger partial charge in [-0.3, -0.25) is 4.79 Å². The number of hydrazone groups is 1. The van der Waals surface area contributed by atoms with Crippen molar-refractivity contribution in [2.45, 2.75) is 18.4 Å². The van der Waals surface area contributed by atoms with E-state index in [-0.39, 0.29) is 11.7 Å². The second-order valence-electron chi connectivity index (χ2n) is 5.03. The summed E-state index contributed by atoms with van der Waals surface area (Å²) in [5.41, 5.74) is 3.87. The number of rotatable bonds is 4. The highest BCUT2D eigenvalue weighted by molar-refractivity contribution is 6.45. The number of nitrogens with zero attached hydrogens (tertiary/aromatic N) is 1. The summed E-state index contributed by atoms with van der Waals surface area (Å²) in [5, 5.41) is 4.15. The third-order valence-corrected chi connectivity index (χ3v) is 3.63. The van der Waals surface area contributed by atoms with Crippen LogP contribution in [-0.4, -0.2) is 37.4 Å². The number of hydrogen-bond acceptors (Lipinski definition) is 5. The van der Waals surface area contributed by atoms with Crippen LogP contribution >= 0.6 is 0 Å². The van der Waals surface area contributed by atoms with Crippen LogP contribution in [0.1, 0.15) is 18.4 Å². The minimum Gasteiger partial charge on any atom is -0.497 e. The Morgan fingerprint density at radius 3 is 2.74 bits per heavy atom. The minimum atomic E-state index is -0.657. The summed E-state index contributed by atoms with van der Waals surface area (Å²) in [6.07, 6.45) is 0. The predicted octanol–water partition coefficient (Wildman–Crippen LogP) is 1.10. The Morgan fingerprint density at radius 2 is 2.16 bits per heavy atom. The normalized spacial score (nSPS) is 28.5. The van der Waals surface area contributed by atoms with Crippen molar-refractivity contribution in [2.24, 2.45) is 5.10 Å². The number of methoxy groups -OCH3 is 1. The largest absolute Gasteiger partial charge is 0.497 e. The topological polar surface area (TPSA) is 63.2 Å². The van der Waals surface area contributed by atoms with E-state index in [0.29, 0.717) is 18.9 Å². The van der Waals surface area contributed by atoms with Crippen molar-refractivity contribution in [3.8, 4) is 5.75 Å². The standard InChI is InChI=1S/C14H16N2O3/c1-14(8-19-14)13(17)12-11(7-15-16-12)9-3-5-10(18-2)6-4-9/h3-6,11,15H,7-8H2,1-2H3/t11-,14+/m0/s1. The number of carbonyl (C=O) groups excluding carboxylic acids is 1. The molecule has 0 aromatic heterocycles. The summed E-state index contributed by atoms with van der Waals surface area (Å²) >= 11 is 0. The lowest BCUT2D eigenvalue weighted by atomic mass is 9.89. The van der Waals surface area contributed by atoms with Crippen LogP contribution in [0.3, 0.4) is 0 Å². The monoisotopic (exact) mass is 260 g/mol. The maximum absolute atomic E-state index is 12.3. The number of benzene rings is 1. The van der Waals surface area contributed by atoms with Crippen LogP contribution in [0.2, 0.25) is 0 Å². The van der Waals surface area contributed by atoms with E-state index in [9.17, 15) is 4.79 Å². The lowest BCUT2D eigenvalue weighted by Gasteiger charge is -2.13. The van der Waals surface area contributed by atoms with Crippen molar-refractivity contribution in [1.82, 2.24) is 5.43 Å². The molecule has 2 atom stereocenters. The highest BCUT2D eigenvalue weighted by Crippen LogP contribution is 2.32. The molecule has 0 unspecified atom stereocenters. The molecular formula is C14H16N2O3. The summed E-state index contributed by atoms with van der Waals surface area (Å²) < 4.78 is 10.4. The van der Waals surface area contributed by atoms with Crippen LogP contribution in [0.25, 0.3) is 0 Å². The van der Waals surface area contributed by atoms with Gasteiger partial charge in [-0.25, -0.2) is 0 Å². The molecule has 0 aliphatic carbocycles. The van der Waals surface area contributed by atoms with E-state index in [4.69, 9.17) is 9.47 Å². The van der Waals surface area contributed by atoms with Gasteiger partial charge in [-0.15, -0.1) is 0 Å². The molecule has 1 fully saturated rings. The van der Waals surface area contributed by atoms with E-state index in [1.165, 1.54) is 0 Å². The zero-order chi connectivity index (χ0) is 13.5. The van der Waals surface area contributed by atoms with Crippen LogP contribution in [0.5, 0.6) is 5.75 Å². The fourth-order valence-electron chi connectivity index (χ4n) is 2.23. The van der Waals surface area contributed by atoms with E-state index in [0.717, 1.165) is 11.3 Å². The molecule has 2 aliphatic rings. The van der Waals surface area contributed by atoms with Crippen molar-refractivity contribution < 1.29 is 14.3 Å². The summed E-state index contributed by atoms with van der Waals surface area (Å²) in [6.45, 7) is 2.94. The zero-order valence-corrected chi connectivity index (χ0v) is 11.0. The van der Waals surface area contributed by atoms with E-state index >= 15 is 0 Å². The van der Waals surface area contributed by atoms with E-state index in [1.54, 1.807) is 14.0 Å². The third kappa shape index (κ3) is 2.10. The first-order valence-electron chi connectivity index (χ1n) is 6.27. The summed E-state index contributed by atoms with van der Waals surface area (Å²) in [5.74, 6) is 0.773. The first-order valence-corrected chi connectivity index (χ1v) is 6.27. The maximum atomic E-state index is 12.3. The van der Waals surface area contributed by atoms with Crippen LogP contribution in [0.4, 0.5) is 0 Å². The number of epoxide rings is 1. The van der Waals surface area contributed by atoms with Gasteiger partial charge in [0.15, 0.2) is 5.60 Å². The molecule has 5 nitrogen and oxygen atoms in total. The van der Waals surface area contributed by atoms with Gasteiger partial charge in [0, 0.05) is 6.54 Å². The van der Waals surface area contributed by atoms with Gasteiger partial charge in [0.25, 0.3) is 0 Å². The molecule has 3 rings (SSSR count). The Kier molecular flexibility index (Phi) is 2.78. The molecule has 2 aliphatic heterocycles. The molecule has 1 aromatic carbocycles. The molecule has 100 valence electrons.